The summed E-state index contributed by atoms with van der Waals surface area (Å²) in [4.78, 5) is 6.89. The highest BCUT2D eigenvalue weighted by atomic mass is 15.4. The van der Waals surface area contributed by atoms with E-state index in [0.717, 1.165) is 6.54 Å². The summed E-state index contributed by atoms with van der Waals surface area (Å²) in [6, 6.07) is 8.50. The van der Waals surface area contributed by atoms with Crippen molar-refractivity contribution in [2.75, 3.05) is 11.4 Å². The van der Waals surface area contributed by atoms with Gasteiger partial charge in [-0.25, -0.2) is 0 Å². The first-order valence-electron chi connectivity index (χ1n) is 7.79. The smallest absolute Gasteiger partial charge is 0.196 e. The fourth-order valence-electron chi connectivity index (χ4n) is 3.89. The molecule has 1 heterocycles. The van der Waals surface area contributed by atoms with Gasteiger partial charge in [-0.05, 0) is 44.2 Å². The van der Waals surface area contributed by atoms with Crippen LogP contribution < -0.4 is 10.6 Å². The van der Waals surface area contributed by atoms with Gasteiger partial charge in [0.05, 0.1) is 12.1 Å². The molecule has 0 radical (unpaired) electrons. The minimum Gasteiger partial charge on any atom is -0.369 e. The zero-order valence-electron chi connectivity index (χ0n) is 12.6. The number of anilines is 1. The molecule has 0 spiro atoms. The molecule has 1 saturated carbocycles. The molecule has 108 valence electrons. The fourth-order valence-corrected chi connectivity index (χ4v) is 3.89. The van der Waals surface area contributed by atoms with Gasteiger partial charge in [0.2, 0.25) is 0 Å². The lowest BCUT2D eigenvalue weighted by Gasteiger charge is -2.44. The van der Waals surface area contributed by atoms with Gasteiger partial charge < -0.3 is 10.6 Å². The van der Waals surface area contributed by atoms with Crippen molar-refractivity contribution in [2.24, 2.45) is 16.6 Å². The van der Waals surface area contributed by atoms with E-state index in [-0.39, 0.29) is 5.54 Å². The number of rotatable bonds is 2. The van der Waals surface area contributed by atoms with E-state index >= 15 is 0 Å². The second kappa shape index (κ2) is 5.12. The molecular weight excluding hydrogens is 246 g/mol. The molecule has 1 atom stereocenters. The molecule has 0 saturated heterocycles. The summed E-state index contributed by atoms with van der Waals surface area (Å²) in [6.07, 6.45) is 6.69. The van der Waals surface area contributed by atoms with E-state index in [1.807, 2.05) is 0 Å². The Morgan fingerprint density at radius 3 is 2.60 bits per heavy atom. The molecule has 0 aromatic heterocycles. The Morgan fingerprint density at radius 2 is 1.90 bits per heavy atom. The van der Waals surface area contributed by atoms with Crippen LogP contribution in [-0.4, -0.2) is 18.0 Å². The van der Waals surface area contributed by atoms with Crippen LogP contribution >= 0.6 is 0 Å². The molecule has 1 unspecified atom stereocenters. The van der Waals surface area contributed by atoms with Crippen LogP contribution in [0.4, 0.5) is 5.69 Å². The molecule has 0 bridgehead atoms. The number of hydrogen-bond acceptors (Lipinski definition) is 3. The number of benzene rings is 1. The van der Waals surface area contributed by atoms with Gasteiger partial charge in [0.1, 0.15) is 0 Å². The Bertz CT molecular complexity index is 517. The van der Waals surface area contributed by atoms with E-state index in [9.17, 15) is 0 Å². The molecule has 0 amide bonds. The molecule has 3 rings (SSSR count). The molecule has 1 aromatic rings. The molecule has 1 aliphatic heterocycles. The predicted molar refractivity (Wildman–Crippen MR) is 85.1 cm³/mol. The van der Waals surface area contributed by atoms with Crippen LogP contribution in [0.5, 0.6) is 0 Å². The topological polar surface area (TPSA) is 41.6 Å². The molecule has 3 nitrogen and oxygen atoms in total. The third-order valence-corrected chi connectivity index (χ3v) is 5.14. The summed E-state index contributed by atoms with van der Waals surface area (Å²) < 4.78 is 0. The average Bonchev–Trinajstić information content (AvgIpc) is 2.78. The van der Waals surface area contributed by atoms with E-state index in [0.29, 0.717) is 11.9 Å². The van der Waals surface area contributed by atoms with Crippen molar-refractivity contribution in [3.63, 3.8) is 0 Å². The van der Waals surface area contributed by atoms with Gasteiger partial charge in [0.25, 0.3) is 0 Å². The molecule has 2 aliphatic rings. The van der Waals surface area contributed by atoms with Crippen LogP contribution in [0.2, 0.25) is 0 Å². The minimum atomic E-state index is 0.0522. The van der Waals surface area contributed by atoms with Gasteiger partial charge >= 0.3 is 0 Å². The van der Waals surface area contributed by atoms with Gasteiger partial charge in [-0.2, -0.15) is 0 Å². The first kappa shape index (κ1) is 13.5. The lowest BCUT2D eigenvalue weighted by Crippen LogP contribution is -2.55. The SMILES string of the molecule is Cc1ccccc1N1C(N)=NCC1(C)C1CCCCC1. The Morgan fingerprint density at radius 1 is 1.20 bits per heavy atom. The second-order valence-electron chi connectivity index (χ2n) is 6.49. The number of guanidine groups is 1. The normalized spacial score (nSPS) is 27.7. The maximum atomic E-state index is 6.24. The number of aliphatic imine (C=N–C) groups is 1. The first-order chi connectivity index (χ1) is 9.63. The summed E-state index contributed by atoms with van der Waals surface area (Å²) in [5.74, 6) is 1.38. The molecule has 1 aromatic carbocycles. The second-order valence-corrected chi connectivity index (χ2v) is 6.49. The van der Waals surface area contributed by atoms with Crippen molar-refractivity contribution >= 4 is 11.6 Å². The zero-order valence-corrected chi connectivity index (χ0v) is 12.6. The van der Waals surface area contributed by atoms with Crippen LogP contribution in [0.1, 0.15) is 44.6 Å². The number of aryl methyl sites for hydroxylation is 1. The predicted octanol–water partition coefficient (Wildman–Crippen LogP) is 3.47. The Kier molecular flexibility index (Phi) is 3.45. The van der Waals surface area contributed by atoms with Crippen LogP contribution in [0.25, 0.3) is 0 Å². The average molecular weight is 271 g/mol. The molecule has 2 N–H and O–H groups in total. The summed E-state index contributed by atoms with van der Waals surface area (Å²) in [6.45, 7) is 5.33. The summed E-state index contributed by atoms with van der Waals surface area (Å²) in [5.41, 5.74) is 8.78. The van der Waals surface area contributed by atoms with Crippen LogP contribution in [-0.2, 0) is 0 Å². The number of hydrogen-bond donors (Lipinski definition) is 1. The van der Waals surface area contributed by atoms with Crippen molar-refractivity contribution in [3.8, 4) is 0 Å². The van der Waals surface area contributed by atoms with Gasteiger partial charge in [-0.1, -0.05) is 37.5 Å². The van der Waals surface area contributed by atoms with Gasteiger partial charge in [0, 0.05) is 5.69 Å². The van der Waals surface area contributed by atoms with Crippen molar-refractivity contribution in [1.29, 1.82) is 0 Å². The van der Waals surface area contributed by atoms with E-state index < -0.39 is 0 Å². The van der Waals surface area contributed by atoms with E-state index in [4.69, 9.17) is 5.73 Å². The lowest BCUT2D eigenvalue weighted by atomic mass is 9.75. The quantitative estimate of drug-likeness (QED) is 0.895. The lowest BCUT2D eigenvalue weighted by molar-refractivity contribution is 0.237. The summed E-state index contributed by atoms with van der Waals surface area (Å²) >= 11 is 0. The highest BCUT2D eigenvalue weighted by Crippen LogP contribution is 2.41. The third kappa shape index (κ3) is 2.09. The Hall–Kier alpha value is -1.51. The number of para-hydroxylation sites is 1. The van der Waals surface area contributed by atoms with Crippen LogP contribution in [0.3, 0.4) is 0 Å². The standard InChI is InChI=1S/C17H25N3/c1-13-8-6-7-11-15(13)20-16(18)19-12-17(20,2)14-9-4-3-5-10-14/h6-8,11,14H,3-5,9-10,12H2,1-2H3,(H2,18,19). The summed E-state index contributed by atoms with van der Waals surface area (Å²) in [5, 5.41) is 0. The van der Waals surface area contributed by atoms with E-state index in [2.05, 4.69) is 48.0 Å². The highest BCUT2D eigenvalue weighted by molar-refractivity contribution is 5.98. The van der Waals surface area contributed by atoms with Crippen LogP contribution in [0.15, 0.2) is 29.3 Å². The Balaban J connectivity index is 1.97. The van der Waals surface area contributed by atoms with Gasteiger partial charge in [-0.3, -0.25) is 4.99 Å². The van der Waals surface area contributed by atoms with Crippen molar-refractivity contribution in [2.45, 2.75) is 51.5 Å². The van der Waals surface area contributed by atoms with Crippen LogP contribution in [0, 0.1) is 12.8 Å². The maximum Gasteiger partial charge on any atom is 0.196 e. The summed E-state index contributed by atoms with van der Waals surface area (Å²) in [7, 11) is 0. The zero-order chi connectivity index (χ0) is 14.2. The highest BCUT2D eigenvalue weighted by Gasteiger charge is 2.45. The first-order valence-corrected chi connectivity index (χ1v) is 7.79. The molecule has 1 aliphatic carbocycles. The van der Waals surface area contributed by atoms with E-state index in [1.165, 1.54) is 43.4 Å². The maximum absolute atomic E-state index is 6.24. The Labute approximate surface area is 121 Å². The van der Waals surface area contributed by atoms with Crippen molar-refractivity contribution in [1.82, 2.24) is 0 Å². The molecule has 20 heavy (non-hydrogen) atoms. The minimum absolute atomic E-state index is 0.0522. The molecule has 1 fully saturated rings. The number of nitrogens with two attached hydrogens (primary N) is 1. The fraction of sp³-hybridized carbons (Fsp3) is 0.588. The van der Waals surface area contributed by atoms with Gasteiger partial charge in [-0.15, -0.1) is 0 Å². The molecule has 3 heteroatoms. The largest absolute Gasteiger partial charge is 0.369 e. The monoisotopic (exact) mass is 271 g/mol. The van der Waals surface area contributed by atoms with Crippen molar-refractivity contribution in [3.05, 3.63) is 29.8 Å². The van der Waals surface area contributed by atoms with Crippen molar-refractivity contribution < 1.29 is 0 Å². The third-order valence-electron chi connectivity index (χ3n) is 5.14. The van der Waals surface area contributed by atoms with Gasteiger partial charge in [0.15, 0.2) is 5.96 Å². The number of nitrogens with zero attached hydrogens (tertiary/aromatic N) is 2. The molecular formula is C17H25N3. The van der Waals surface area contributed by atoms with E-state index in [1.54, 1.807) is 0 Å².